The van der Waals surface area contributed by atoms with Gasteiger partial charge in [-0.15, -0.1) is 48.1 Å². The molecule has 1 aliphatic heterocycles. The number of aromatic nitrogens is 2. The first kappa shape index (κ1) is 41.8. The van der Waals surface area contributed by atoms with Gasteiger partial charge >= 0.3 is 0 Å². The molecule has 0 N–H and O–H groups in total. The molecule has 9 aromatic rings. The third kappa shape index (κ3) is 7.94. The second-order valence-electron chi connectivity index (χ2n) is 18.0. The second-order valence-corrected chi connectivity index (χ2v) is 18.0. The van der Waals surface area contributed by atoms with Gasteiger partial charge in [-0.2, -0.15) is 12.1 Å². The Bertz CT molecular complexity index is 3140. The molecule has 10 rings (SSSR count). The predicted octanol–water partition coefficient (Wildman–Crippen LogP) is 15.0. The van der Waals surface area contributed by atoms with Crippen LogP contribution in [0.25, 0.3) is 49.9 Å². The first-order chi connectivity index (χ1) is 29.9. The number of nitrogens with zero attached hydrogens (tertiary/aromatic N) is 4. The van der Waals surface area contributed by atoms with E-state index in [1.807, 2.05) is 47.2 Å². The third-order valence-electron chi connectivity index (χ3n) is 11.7. The van der Waals surface area contributed by atoms with Crippen molar-refractivity contribution < 1.29 is 30.2 Å². The van der Waals surface area contributed by atoms with Crippen LogP contribution in [0, 0.1) is 24.6 Å². The zero-order valence-corrected chi connectivity index (χ0v) is 38.3. The standard InChI is InChI=1S/C56H46FN4O.Pt/c1-55(2,3)40-18-11-19-43(31-40)60-36-59(51-23-13-22-47(54(51)60)39-17-10-16-38(30-39)37-14-8-7-9-15-37)44-20-12-21-45(34-44)62-46-25-26-48-49-33-42(57)24-27-50(49)61(52(48)35-46)53-32-41(28-29-58-53)56(4,5)6;/h7-33,36H,1-6H3;/q-3;. The van der Waals surface area contributed by atoms with Crippen molar-refractivity contribution in [2.45, 2.75) is 52.4 Å². The van der Waals surface area contributed by atoms with Crippen molar-refractivity contribution in [1.29, 1.82) is 0 Å². The Labute approximate surface area is 383 Å². The van der Waals surface area contributed by atoms with Crippen LogP contribution < -0.4 is 14.5 Å². The summed E-state index contributed by atoms with van der Waals surface area (Å²) in [6.07, 6.45) is 1.83. The molecule has 5 nitrogen and oxygen atoms in total. The molecule has 7 heteroatoms. The molecular weight excluding hydrogens is 959 g/mol. The fraction of sp³-hybridized carbons (Fsp3) is 0.143. The van der Waals surface area contributed by atoms with Crippen molar-refractivity contribution >= 4 is 44.6 Å². The first-order valence-electron chi connectivity index (χ1n) is 21.1. The van der Waals surface area contributed by atoms with Gasteiger partial charge in [-0.3, -0.25) is 0 Å². The van der Waals surface area contributed by atoms with Gasteiger partial charge in [-0.05, 0) is 98.6 Å². The van der Waals surface area contributed by atoms with Crippen LogP contribution in [0.1, 0.15) is 52.7 Å². The number of hydrogen-bond donors (Lipinski definition) is 0. The summed E-state index contributed by atoms with van der Waals surface area (Å²) in [6, 6.07) is 60.5. The van der Waals surface area contributed by atoms with Crippen LogP contribution in [-0.2, 0) is 31.9 Å². The van der Waals surface area contributed by atoms with Crippen LogP contribution >= 0.6 is 0 Å². The maximum atomic E-state index is 14.7. The topological polar surface area (TPSA) is 33.5 Å². The van der Waals surface area contributed by atoms with Crippen LogP contribution in [0.4, 0.5) is 27.1 Å². The Morgan fingerprint density at radius 2 is 1.30 bits per heavy atom. The number of fused-ring (bicyclic) bond motifs is 4. The number of para-hydroxylation sites is 1. The van der Waals surface area contributed by atoms with E-state index in [1.54, 1.807) is 12.1 Å². The Morgan fingerprint density at radius 3 is 2.11 bits per heavy atom. The van der Waals surface area contributed by atoms with Gasteiger partial charge in [0.05, 0.1) is 0 Å². The molecule has 0 amide bonds. The summed E-state index contributed by atoms with van der Waals surface area (Å²) in [6.45, 7) is 15.4. The molecule has 0 bridgehead atoms. The predicted molar refractivity (Wildman–Crippen MR) is 252 cm³/mol. The number of ether oxygens (including phenoxy) is 1. The van der Waals surface area contributed by atoms with Crippen molar-refractivity contribution in [3.05, 3.63) is 200 Å². The van der Waals surface area contributed by atoms with Crippen LogP contribution in [0.3, 0.4) is 0 Å². The summed E-state index contributed by atoms with van der Waals surface area (Å²) in [4.78, 5) is 9.26. The number of anilines is 4. The van der Waals surface area contributed by atoms with Crippen LogP contribution in [0.2, 0.25) is 0 Å². The Morgan fingerprint density at radius 1 is 0.587 bits per heavy atom. The molecule has 7 aromatic carbocycles. The van der Waals surface area contributed by atoms with Gasteiger partial charge in [0.25, 0.3) is 0 Å². The van der Waals surface area contributed by atoms with Crippen LogP contribution in [0.15, 0.2) is 164 Å². The fourth-order valence-electron chi connectivity index (χ4n) is 8.41. The molecule has 0 aliphatic carbocycles. The molecule has 63 heavy (non-hydrogen) atoms. The summed E-state index contributed by atoms with van der Waals surface area (Å²) >= 11 is 0. The van der Waals surface area contributed by atoms with Crippen LogP contribution in [-0.4, -0.2) is 9.55 Å². The van der Waals surface area contributed by atoms with E-state index in [0.717, 1.165) is 72.6 Å². The Kier molecular flexibility index (Phi) is 10.8. The third-order valence-corrected chi connectivity index (χ3v) is 11.7. The first-order valence-corrected chi connectivity index (χ1v) is 21.1. The Balaban J connectivity index is 0.00000504. The van der Waals surface area contributed by atoms with Gasteiger partial charge in [-0.1, -0.05) is 120 Å². The van der Waals surface area contributed by atoms with Crippen molar-refractivity contribution in [3.63, 3.8) is 0 Å². The zero-order chi connectivity index (χ0) is 42.8. The van der Waals surface area contributed by atoms with E-state index in [2.05, 4.69) is 173 Å². The quantitative estimate of drug-likeness (QED) is 0.149. The minimum absolute atomic E-state index is 0. The summed E-state index contributed by atoms with van der Waals surface area (Å²) in [7, 11) is 0. The number of benzene rings is 7. The summed E-state index contributed by atoms with van der Waals surface area (Å²) in [5, 5.41) is 1.64. The molecule has 1 aliphatic rings. The van der Waals surface area contributed by atoms with E-state index < -0.39 is 0 Å². The average molecular weight is 1010 g/mol. The van der Waals surface area contributed by atoms with E-state index in [9.17, 15) is 4.39 Å². The molecule has 0 unspecified atom stereocenters. The normalized spacial score (nSPS) is 12.7. The van der Waals surface area contributed by atoms with Crippen molar-refractivity contribution in [2.24, 2.45) is 0 Å². The molecule has 316 valence electrons. The zero-order valence-electron chi connectivity index (χ0n) is 36.1. The van der Waals surface area contributed by atoms with E-state index in [4.69, 9.17) is 9.72 Å². The number of rotatable bonds is 7. The van der Waals surface area contributed by atoms with E-state index in [0.29, 0.717) is 11.5 Å². The van der Waals surface area contributed by atoms with Gasteiger partial charge in [0.2, 0.25) is 0 Å². The summed E-state index contributed by atoms with van der Waals surface area (Å²) in [5.74, 6) is 1.48. The maximum Gasteiger partial charge on any atom is 0.135 e. The number of hydrogen-bond acceptors (Lipinski definition) is 4. The van der Waals surface area contributed by atoms with E-state index >= 15 is 0 Å². The largest absolute Gasteiger partial charge is 0.509 e. The average Bonchev–Trinajstić information content (AvgIpc) is 3.82. The minimum atomic E-state index is -0.298. The van der Waals surface area contributed by atoms with Crippen LogP contribution in [0.5, 0.6) is 11.5 Å². The molecule has 0 radical (unpaired) electrons. The Hall–Kier alpha value is -6.49. The van der Waals surface area contributed by atoms with Crippen molar-refractivity contribution in [3.8, 4) is 39.6 Å². The molecule has 0 atom stereocenters. The summed E-state index contributed by atoms with van der Waals surface area (Å²) < 4.78 is 23.4. The molecule has 0 saturated carbocycles. The fourth-order valence-corrected chi connectivity index (χ4v) is 8.41. The van der Waals surface area contributed by atoms with Gasteiger partial charge in [0, 0.05) is 66.9 Å². The van der Waals surface area contributed by atoms with Gasteiger partial charge in [-0.25, -0.2) is 9.37 Å². The maximum absolute atomic E-state index is 14.7. The molecule has 0 fully saturated rings. The van der Waals surface area contributed by atoms with Gasteiger partial charge in [0.15, 0.2) is 0 Å². The monoisotopic (exact) mass is 1000 g/mol. The van der Waals surface area contributed by atoms with Gasteiger partial charge in [0.1, 0.15) is 11.6 Å². The number of pyridine rings is 1. The molecule has 0 saturated heterocycles. The van der Waals surface area contributed by atoms with E-state index in [1.165, 1.54) is 17.2 Å². The van der Waals surface area contributed by atoms with E-state index in [-0.39, 0.29) is 37.7 Å². The molecule has 2 aromatic heterocycles. The number of halogens is 1. The molecule has 0 spiro atoms. The minimum Gasteiger partial charge on any atom is -0.509 e. The smallest absolute Gasteiger partial charge is 0.135 e. The SMILES string of the molecule is CC(C)(C)c1cccc(N2[CH-]N(c3[c-]c(Oc4[c-]c5c(cc4)c4cc(F)ccc4n5-c4cc(C(C)(C)C)ccn4)ccc3)c3cccc(-c4cccc(-c5ccccc5)c4)c32)c1.[Pt]. The summed E-state index contributed by atoms with van der Waals surface area (Å²) in [5.41, 5.74) is 12.5. The molecule has 3 heterocycles. The van der Waals surface area contributed by atoms with Crippen molar-refractivity contribution in [2.75, 3.05) is 9.80 Å². The molecular formula is C56H46FN4OPt-3. The van der Waals surface area contributed by atoms with Crippen molar-refractivity contribution in [1.82, 2.24) is 9.55 Å². The van der Waals surface area contributed by atoms with Gasteiger partial charge < -0.3 is 19.1 Å². The second kappa shape index (κ2) is 16.3.